The maximum Gasteiger partial charge on any atom is 0.301 e. The molecule has 1 aromatic heterocycles. The maximum atomic E-state index is 11.8. The summed E-state index contributed by atoms with van der Waals surface area (Å²) < 4.78 is 29.4. The van der Waals surface area contributed by atoms with Crippen molar-refractivity contribution in [3.05, 3.63) is 36.3 Å². The maximum absolute atomic E-state index is 11.8. The number of rotatable bonds is 4. The van der Waals surface area contributed by atoms with Crippen molar-refractivity contribution >= 4 is 15.9 Å². The zero-order chi connectivity index (χ0) is 15.0. The minimum atomic E-state index is -3.46. The standard InChI is InChI=1S/C14H18N4O2S/c1-17(2)21(19,20)16-12-7-5-11(6-8-12)13-10-15-14-4-3-9-18(13)14/h5-8,10,16H,3-4,9H2,1-2H3. The highest BCUT2D eigenvalue weighted by Gasteiger charge is 2.17. The van der Waals surface area contributed by atoms with Gasteiger partial charge in [0.25, 0.3) is 0 Å². The van der Waals surface area contributed by atoms with Gasteiger partial charge in [-0.3, -0.25) is 4.72 Å². The molecular formula is C14H18N4O2S. The third-order valence-corrected chi connectivity index (χ3v) is 5.08. The lowest BCUT2D eigenvalue weighted by Gasteiger charge is -2.13. The molecule has 0 bridgehead atoms. The average Bonchev–Trinajstić information content (AvgIpc) is 3.02. The number of benzene rings is 1. The van der Waals surface area contributed by atoms with Crippen LogP contribution in [0.3, 0.4) is 0 Å². The van der Waals surface area contributed by atoms with Crippen LogP contribution in [0.4, 0.5) is 5.69 Å². The molecule has 0 aliphatic carbocycles. The number of hydrogen-bond donors (Lipinski definition) is 1. The molecule has 2 aromatic rings. The van der Waals surface area contributed by atoms with Gasteiger partial charge in [0.15, 0.2) is 0 Å². The van der Waals surface area contributed by atoms with Crippen LogP contribution in [-0.4, -0.2) is 36.4 Å². The van der Waals surface area contributed by atoms with Gasteiger partial charge in [0.05, 0.1) is 11.9 Å². The molecule has 1 N–H and O–H groups in total. The molecule has 0 amide bonds. The minimum absolute atomic E-state index is 0.550. The van der Waals surface area contributed by atoms with Crippen molar-refractivity contribution in [2.45, 2.75) is 19.4 Å². The molecule has 0 saturated heterocycles. The molecule has 6 nitrogen and oxygen atoms in total. The van der Waals surface area contributed by atoms with E-state index in [-0.39, 0.29) is 0 Å². The smallest absolute Gasteiger partial charge is 0.301 e. The van der Waals surface area contributed by atoms with E-state index >= 15 is 0 Å². The van der Waals surface area contributed by atoms with Crippen LogP contribution in [0.1, 0.15) is 12.2 Å². The second-order valence-corrected chi connectivity index (χ2v) is 7.17. The lowest BCUT2D eigenvalue weighted by Crippen LogP contribution is -2.28. The van der Waals surface area contributed by atoms with E-state index < -0.39 is 10.2 Å². The number of fused-ring (bicyclic) bond motifs is 1. The van der Waals surface area contributed by atoms with Crippen LogP contribution in [-0.2, 0) is 23.2 Å². The zero-order valence-corrected chi connectivity index (χ0v) is 12.9. The van der Waals surface area contributed by atoms with Crippen molar-refractivity contribution in [1.29, 1.82) is 0 Å². The fourth-order valence-corrected chi connectivity index (χ4v) is 3.05. The fraction of sp³-hybridized carbons (Fsp3) is 0.357. The Morgan fingerprint density at radius 1 is 1.24 bits per heavy atom. The first kappa shape index (κ1) is 14.1. The summed E-state index contributed by atoms with van der Waals surface area (Å²) >= 11 is 0. The average molecular weight is 306 g/mol. The summed E-state index contributed by atoms with van der Waals surface area (Å²) in [6.07, 6.45) is 4.05. The van der Waals surface area contributed by atoms with Crippen LogP contribution in [0, 0.1) is 0 Å². The van der Waals surface area contributed by atoms with Gasteiger partial charge in [-0.1, -0.05) is 12.1 Å². The van der Waals surface area contributed by atoms with Gasteiger partial charge in [-0.2, -0.15) is 12.7 Å². The van der Waals surface area contributed by atoms with Crippen LogP contribution in [0.2, 0.25) is 0 Å². The Bertz CT molecular complexity index is 748. The lowest BCUT2D eigenvalue weighted by atomic mass is 10.1. The fourth-order valence-electron chi connectivity index (χ4n) is 2.44. The van der Waals surface area contributed by atoms with E-state index in [9.17, 15) is 8.42 Å². The van der Waals surface area contributed by atoms with Crippen molar-refractivity contribution < 1.29 is 8.42 Å². The highest BCUT2D eigenvalue weighted by atomic mass is 32.2. The van der Waals surface area contributed by atoms with Crippen molar-refractivity contribution in [2.24, 2.45) is 0 Å². The molecule has 0 radical (unpaired) electrons. The largest absolute Gasteiger partial charge is 0.328 e. The van der Waals surface area contributed by atoms with Gasteiger partial charge in [0.2, 0.25) is 0 Å². The van der Waals surface area contributed by atoms with E-state index in [1.165, 1.54) is 14.1 Å². The van der Waals surface area contributed by atoms with Crippen LogP contribution in [0.15, 0.2) is 30.5 Å². The van der Waals surface area contributed by atoms with Crippen molar-refractivity contribution in [3.8, 4) is 11.3 Å². The van der Waals surface area contributed by atoms with Gasteiger partial charge in [-0.25, -0.2) is 4.98 Å². The van der Waals surface area contributed by atoms with Crippen molar-refractivity contribution in [3.63, 3.8) is 0 Å². The summed E-state index contributed by atoms with van der Waals surface area (Å²) in [5.41, 5.74) is 2.68. The topological polar surface area (TPSA) is 67.2 Å². The number of anilines is 1. The molecular weight excluding hydrogens is 288 g/mol. The van der Waals surface area contributed by atoms with Crippen LogP contribution < -0.4 is 4.72 Å². The highest BCUT2D eigenvalue weighted by molar-refractivity contribution is 7.90. The summed E-state index contributed by atoms with van der Waals surface area (Å²) in [6, 6.07) is 7.36. The third kappa shape index (κ3) is 2.66. The number of nitrogens with one attached hydrogen (secondary N) is 1. The molecule has 1 aliphatic rings. The number of aromatic nitrogens is 2. The van der Waals surface area contributed by atoms with Crippen molar-refractivity contribution in [2.75, 3.05) is 18.8 Å². The molecule has 3 rings (SSSR count). The Labute approximate surface area is 124 Å². The molecule has 0 atom stereocenters. The summed E-state index contributed by atoms with van der Waals surface area (Å²) in [6.45, 7) is 1.000. The molecule has 2 heterocycles. The van der Waals surface area contributed by atoms with Crippen molar-refractivity contribution in [1.82, 2.24) is 13.9 Å². The number of aryl methyl sites for hydroxylation is 1. The van der Waals surface area contributed by atoms with Crippen LogP contribution >= 0.6 is 0 Å². The van der Waals surface area contributed by atoms with Gasteiger partial charge in [0, 0.05) is 32.7 Å². The van der Waals surface area contributed by atoms with E-state index in [2.05, 4.69) is 14.3 Å². The molecule has 0 spiro atoms. The Balaban J connectivity index is 1.84. The second kappa shape index (κ2) is 5.16. The van der Waals surface area contributed by atoms with E-state index in [0.29, 0.717) is 5.69 Å². The molecule has 0 unspecified atom stereocenters. The summed E-state index contributed by atoms with van der Waals surface area (Å²) in [5, 5.41) is 0. The third-order valence-electron chi connectivity index (χ3n) is 3.63. The van der Waals surface area contributed by atoms with Gasteiger partial charge in [-0.05, 0) is 24.1 Å². The first-order valence-electron chi connectivity index (χ1n) is 6.82. The summed E-state index contributed by atoms with van der Waals surface area (Å²) in [5.74, 6) is 1.13. The zero-order valence-electron chi connectivity index (χ0n) is 12.1. The molecule has 0 fully saturated rings. The summed E-state index contributed by atoms with van der Waals surface area (Å²) in [4.78, 5) is 4.42. The SMILES string of the molecule is CN(C)S(=O)(=O)Nc1ccc(-c2cnc3n2CCC3)cc1. The van der Waals surface area contributed by atoms with E-state index in [0.717, 1.165) is 40.8 Å². The first-order valence-corrected chi connectivity index (χ1v) is 8.26. The second-order valence-electron chi connectivity index (χ2n) is 5.28. The van der Waals surface area contributed by atoms with Gasteiger partial charge < -0.3 is 4.57 Å². The highest BCUT2D eigenvalue weighted by Crippen LogP contribution is 2.26. The molecule has 0 saturated carbocycles. The molecule has 7 heteroatoms. The van der Waals surface area contributed by atoms with Crippen LogP contribution in [0.25, 0.3) is 11.3 Å². The van der Waals surface area contributed by atoms with Crippen LogP contribution in [0.5, 0.6) is 0 Å². The predicted octanol–water partition coefficient (Wildman–Crippen LogP) is 1.71. The van der Waals surface area contributed by atoms with E-state index in [1.54, 1.807) is 12.1 Å². The molecule has 112 valence electrons. The first-order chi connectivity index (χ1) is 9.97. The molecule has 1 aromatic carbocycles. The lowest BCUT2D eigenvalue weighted by molar-refractivity contribution is 0.527. The predicted molar refractivity (Wildman–Crippen MR) is 82.2 cm³/mol. The Hall–Kier alpha value is -1.86. The van der Waals surface area contributed by atoms with E-state index in [4.69, 9.17) is 0 Å². The van der Waals surface area contributed by atoms with Gasteiger partial charge in [0.1, 0.15) is 5.82 Å². The molecule has 21 heavy (non-hydrogen) atoms. The summed E-state index contributed by atoms with van der Waals surface area (Å²) in [7, 11) is -0.477. The Morgan fingerprint density at radius 3 is 2.62 bits per heavy atom. The Kier molecular flexibility index (Phi) is 3.46. The normalized spacial score (nSPS) is 14.4. The number of imidazole rings is 1. The monoisotopic (exact) mass is 306 g/mol. The molecule has 1 aliphatic heterocycles. The van der Waals surface area contributed by atoms with Gasteiger partial charge >= 0.3 is 10.2 Å². The minimum Gasteiger partial charge on any atom is -0.328 e. The quantitative estimate of drug-likeness (QED) is 0.935. The van der Waals surface area contributed by atoms with Gasteiger partial charge in [-0.15, -0.1) is 0 Å². The number of nitrogens with zero attached hydrogens (tertiary/aromatic N) is 3. The Morgan fingerprint density at radius 2 is 1.95 bits per heavy atom. The van der Waals surface area contributed by atoms with E-state index in [1.807, 2.05) is 18.3 Å². The number of hydrogen-bond acceptors (Lipinski definition) is 3.